The first-order valence-corrected chi connectivity index (χ1v) is 6.85. The van der Waals surface area contributed by atoms with Crippen LogP contribution in [0.2, 0.25) is 0 Å². The van der Waals surface area contributed by atoms with Crippen LogP contribution in [-0.4, -0.2) is 17.7 Å². The number of aliphatic hydroxyl groups is 1. The summed E-state index contributed by atoms with van der Waals surface area (Å²) in [5, 5.41) is 13.1. The van der Waals surface area contributed by atoms with Crippen LogP contribution in [0, 0.1) is 5.82 Å². The fourth-order valence-electron chi connectivity index (χ4n) is 2.07. The third kappa shape index (κ3) is 4.18. The molecular formula is C16H20FNO2. The fourth-order valence-corrected chi connectivity index (χ4v) is 2.07. The molecule has 0 fully saturated rings. The number of hydrogen-bond acceptors (Lipinski definition) is 3. The van der Waals surface area contributed by atoms with Crippen molar-refractivity contribution in [3.8, 4) is 0 Å². The molecule has 108 valence electrons. The van der Waals surface area contributed by atoms with Gasteiger partial charge in [-0.2, -0.15) is 0 Å². The topological polar surface area (TPSA) is 45.4 Å². The highest BCUT2D eigenvalue weighted by atomic mass is 19.1. The maximum absolute atomic E-state index is 13.5. The van der Waals surface area contributed by atoms with Crippen molar-refractivity contribution in [3.63, 3.8) is 0 Å². The van der Waals surface area contributed by atoms with Crippen molar-refractivity contribution < 1.29 is 13.9 Å². The van der Waals surface area contributed by atoms with E-state index in [1.165, 1.54) is 6.07 Å². The van der Waals surface area contributed by atoms with Crippen molar-refractivity contribution in [1.29, 1.82) is 0 Å². The molecule has 1 heterocycles. The molecule has 0 amide bonds. The average Bonchev–Trinajstić information content (AvgIpc) is 2.98. The Balaban J connectivity index is 1.73. The summed E-state index contributed by atoms with van der Waals surface area (Å²) >= 11 is 0. The summed E-state index contributed by atoms with van der Waals surface area (Å²) in [5.74, 6) is 0.397. The zero-order chi connectivity index (χ0) is 14.4. The van der Waals surface area contributed by atoms with Crippen LogP contribution in [0.25, 0.3) is 0 Å². The van der Waals surface area contributed by atoms with E-state index in [2.05, 4.69) is 5.32 Å². The Labute approximate surface area is 118 Å². The van der Waals surface area contributed by atoms with Crippen LogP contribution >= 0.6 is 0 Å². The second kappa shape index (κ2) is 7.22. The standard InChI is InChI=1S/C16H20FNO2/c1-12(8-9-13-5-2-3-6-14(13)17)18-11-15(19)16-7-4-10-20-16/h2-7,10,12,15,18-19H,8-9,11H2,1H3. The third-order valence-corrected chi connectivity index (χ3v) is 3.34. The summed E-state index contributed by atoms with van der Waals surface area (Å²) in [4.78, 5) is 0. The van der Waals surface area contributed by atoms with Gasteiger partial charge in [0.2, 0.25) is 0 Å². The van der Waals surface area contributed by atoms with Gasteiger partial charge in [-0.25, -0.2) is 4.39 Å². The maximum Gasteiger partial charge on any atom is 0.133 e. The molecule has 0 saturated carbocycles. The largest absolute Gasteiger partial charge is 0.467 e. The molecule has 0 aliphatic rings. The second-order valence-electron chi connectivity index (χ2n) is 4.97. The minimum Gasteiger partial charge on any atom is -0.467 e. The Bertz CT molecular complexity index is 513. The van der Waals surface area contributed by atoms with E-state index in [1.807, 2.05) is 13.0 Å². The van der Waals surface area contributed by atoms with Crippen molar-refractivity contribution in [2.75, 3.05) is 6.54 Å². The molecule has 2 unspecified atom stereocenters. The molecule has 0 bridgehead atoms. The minimum atomic E-state index is -0.652. The number of furan rings is 1. The van der Waals surface area contributed by atoms with Gasteiger partial charge in [-0.05, 0) is 43.5 Å². The maximum atomic E-state index is 13.5. The molecule has 2 aromatic rings. The minimum absolute atomic E-state index is 0.157. The van der Waals surface area contributed by atoms with Crippen LogP contribution in [0.5, 0.6) is 0 Å². The summed E-state index contributed by atoms with van der Waals surface area (Å²) in [6.45, 7) is 2.45. The van der Waals surface area contributed by atoms with Gasteiger partial charge in [0.1, 0.15) is 17.7 Å². The lowest BCUT2D eigenvalue weighted by Crippen LogP contribution is -2.30. The molecule has 0 spiro atoms. The van der Waals surface area contributed by atoms with Crippen LogP contribution in [0.1, 0.15) is 30.8 Å². The van der Waals surface area contributed by atoms with Crippen molar-refractivity contribution in [2.45, 2.75) is 31.9 Å². The summed E-state index contributed by atoms with van der Waals surface area (Å²) < 4.78 is 18.6. The Morgan fingerprint density at radius 2 is 2.05 bits per heavy atom. The Hall–Kier alpha value is -1.65. The first kappa shape index (κ1) is 14.8. The van der Waals surface area contributed by atoms with Crippen molar-refractivity contribution >= 4 is 0 Å². The van der Waals surface area contributed by atoms with E-state index in [0.29, 0.717) is 18.7 Å². The molecule has 2 rings (SSSR count). The van der Waals surface area contributed by atoms with Gasteiger partial charge in [-0.1, -0.05) is 18.2 Å². The number of halogens is 1. The summed E-state index contributed by atoms with van der Waals surface area (Å²) in [7, 11) is 0. The van der Waals surface area contributed by atoms with Crippen molar-refractivity contribution in [1.82, 2.24) is 5.32 Å². The molecule has 0 aliphatic heterocycles. The first-order valence-electron chi connectivity index (χ1n) is 6.85. The van der Waals surface area contributed by atoms with Gasteiger partial charge in [-0.3, -0.25) is 0 Å². The Morgan fingerprint density at radius 3 is 2.75 bits per heavy atom. The molecule has 0 aliphatic carbocycles. The molecule has 3 nitrogen and oxygen atoms in total. The zero-order valence-electron chi connectivity index (χ0n) is 11.6. The molecule has 0 radical (unpaired) electrons. The average molecular weight is 277 g/mol. The van der Waals surface area contributed by atoms with Gasteiger partial charge in [0, 0.05) is 12.6 Å². The summed E-state index contributed by atoms with van der Waals surface area (Å²) in [6, 6.07) is 10.5. The number of nitrogens with one attached hydrogen (secondary N) is 1. The molecular weight excluding hydrogens is 257 g/mol. The van der Waals surface area contributed by atoms with E-state index in [4.69, 9.17) is 4.42 Å². The van der Waals surface area contributed by atoms with E-state index >= 15 is 0 Å². The van der Waals surface area contributed by atoms with Gasteiger partial charge >= 0.3 is 0 Å². The van der Waals surface area contributed by atoms with Gasteiger partial charge in [-0.15, -0.1) is 0 Å². The molecule has 4 heteroatoms. The van der Waals surface area contributed by atoms with Gasteiger partial charge in [0.25, 0.3) is 0 Å². The van der Waals surface area contributed by atoms with Crippen molar-refractivity contribution in [2.24, 2.45) is 0 Å². The lowest BCUT2D eigenvalue weighted by molar-refractivity contribution is 0.143. The van der Waals surface area contributed by atoms with E-state index in [-0.39, 0.29) is 11.9 Å². The molecule has 2 atom stereocenters. The molecule has 20 heavy (non-hydrogen) atoms. The summed E-state index contributed by atoms with van der Waals surface area (Å²) in [6.07, 6.45) is 2.38. The first-order chi connectivity index (χ1) is 9.66. The van der Waals surface area contributed by atoms with Crippen LogP contribution in [-0.2, 0) is 6.42 Å². The van der Waals surface area contributed by atoms with Gasteiger partial charge in [0.15, 0.2) is 0 Å². The SMILES string of the molecule is CC(CCc1ccccc1F)NCC(O)c1ccco1. The van der Waals surface area contributed by atoms with Crippen LogP contribution in [0.15, 0.2) is 47.1 Å². The smallest absolute Gasteiger partial charge is 0.133 e. The number of aryl methyl sites for hydroxylation is 1. The van der Waals surface area contributed by atoms with Crippen molar-refractivity contribution in [3.05, 3.63) is 59.8 Å². The number of aliphatic hydroxyl groups excluding tert-OH is 1. The molecule has 1 aromatic carbocycles. The van der Waals surface area contributed by atoms with E-state index in [0.717, 1.165) is 12.0 Å². The van der Waals surface area contributed by atoms with Crippen LogP contribution in [0.4, 0.5) is 4.39 Å². The quantitative estimate of drug-likeness (QED) is 0.817. The number of hydrogen-bond donors (Lipinski definition) is 2. The number of rotatable bonds is 7. The van der Waals surface area contributed by atoms with Gasteiger partial charge in [0.05, 0.1) is 6.26 Å². The summed E-state index contributed by atoms with van der Waals surface area (Å²) in [5.41, 5.74) is 0.729. The molecule has 0 saturated heterocycles. The Morgan fingerprint density at radius 1 is 1.25 bits per heavy atom. The van der Waals surface area contributed by atoms with E-state index in [9.17, 15) is 9.50 Å². The molecule has 2 N–H and O–H groups in total. The predicted octanol–water partition coefficient (Wildman–Crippen LogP) is 3.06. The molecule has 1 aromatic heterocycles. The third-order valence-electron chi connectivity index (χ3n) is 3.34. The van der Waals surface area contributed by atoms with E-state index in [1.54, 1.807) is 30.5 Å². The fraction of sp³-hybridized carbons (Fsp3) is 0.375. The highest BCUT2D eigenvalue weighted by Crippen LogP contribution is 2.13. The van der Waals surface area contributed by atoms with Crippen LogP contribution in [0.3, 0.4) is 0 Å². The lowest BCUT2D eigenvalue weighted by Gasteiger charge is -2.16. The second-order valence-corrected chi connectivity index (χ2v) is 4.97. The highest BCUT2D eigenvalue weighted by Gasteiger charge is 2.12. The predicted molar refractivity (Wildman–Crippen MR) is 75.9 cm³/mol. The van der Waals surface area contributed by atoms with E-state index < -0.39 is 6.10 Å². The highest BCUT2D eigenvalue weighted by molar-refractivity contribution is 5.17. The van der Waals surface area contributed by atoms with Crippen LogP contribution < -0.4 is 5.32 Å². The zero-order valence-corrected chi connectivity index (χ0v) is 11.6. The lowest BCUT2D eigenvalue weighted by atomic mass is 10.1. The number of benzene rings is 1. The van der Waals surface area contributed by atoms with Gasteiger partial charge < -0.3 is 14.8 Å². The Kier molecular flexibility index (Phi) is 5.32. The normalized spacial score (nSPS) is 14.2. The monoisotopic (exact) mass is 277 g/mol.